The fourth-order valence-electron chi connectivity index (χ4n) is 1.83. The lowest BCUT2D eigenvalue weighted by Gasteiger charge is -2.21. The van der Waals surface area contributed by atoms with Gasteiger partial charge in [0.25, 0.3) is 0 Å². The van der Waals surface area contributed by atoms with Crippen molar-refractivity contribution in [1.29, 1.82) is 0 Å². The molecule has 1 aromatic heterocycles. The van der Waals surface area contributed by atoms with Crippen LogP contribution in [0.15, 0.2) is 37.9 Å². The molecule has 0 fully saturated rings. The van der Waals surface area contributed by atoms with Crippen molar-refractivity contribution in [2.24, 2.45) is 0 Å². The lowest BCUT2D eigenvalue weighted by atomic mass is 10.1. The summed E-state index contributed by atoms with van der Waals surface area (Å²) < 4.78 is 1.67. The van der Waals surface area contributed by atoms with Crippen molar-refractivity contribution in [2.45, 2.75) is 6.54 Å². The van der Waals surface area contributed by atoms with Crippen LogP contribution in [-0.4, -0.2) is 18.1 Å². The number of carboxylic acid groups (broad SMARTS) is 1. The molecule has 100 valence electrons. The van der Waals surface area contributed by atoms with Gasteiger partial charge in [0.2, 0.25) is 0 Å². The molecule has 19 heavy (non-hydrogen) atoms. The van der Waals surface area contributed by atoms with Gasteiger partial charge in [0, 0.05) is 18.1 Å². The van der Waals surface area contributed by atoms with E-state index in [-0.39, 0.29) is 0 Å². The van der Waals surface area contributed by atoms with E-state index in [1.54, 1.807) is 17.4 Å². The maximum atomic E-state index is 11.3. The molecule has 1 heterocycles. The van der Waals surface area contributed by atoms with E-state index in [9.17, 15) is 9.90 Å². The molecule has 1 N–H and O–H groups in total. The van der Waals surface area contributed by atoms with Crippen molar-refractivity contribution in [1.82, 2.24) is 0 Å². The van der Waals surface area contributed by atoms with E-state index in [1.807, 2.05) is 30.1 Å². The normalized spacial score (nSPS) is 10.5. The van der Waals surface area contributed by atoms with E-state index in [1.165, 1.54) is 0 Å². The van der Waals surface area contributed by atoms with Crippen molar-refractivity contribution < 1.29 is 9.90 Å². The number of thiophene rings is 1. The molecule has 0 unspecified atom stereocenters. The number of carboxylic acids is 1. The Kier molecular flexibility index (Phi) is 4.65. The van der Waals surface area contributed by atoms with Crippen LogP contribution in [0.3, 0.4) is 0 Å². The van der Waals surface area contributed by atoms with E-state index < -0.39 is 5.97 Å². The summed E-state index contributed by atoms with van der Waals surface area (Å²) in [7, 11) is 1.89. The second-order valence-electron chi connectivity index (χ2n) is 4.05. The minimum absolute atomic E-state index is 0.291. The van der Waals surface area contributed by atoms with Crippen molar-refractivity contribution in [3.63, 3.8) is 0 Å². The minimum atomic E-state index is -0.930. The Hall–Kier alpha value is -0.850. The van der Waals surface area contributed by atoms with Gasteiger partial charge in [0.05, 0.1) is 15.0 Å². The molecular formula is C13H11Br2NO2S. The number of aromatic carboxylic acids is 1. The van der Waals surface area contributed by atoms with Crippen molar-refractivity contribution >= 4 is 54.9 Å². The number of hydrogen-bond donors (Lipinski definition) is 1. The maximum absolute atomic E-state index is 11.3. The third kappa shape index (κ3) is 3.38. The van der Waals surface area contributed by atoms with E-state index in [2.05, 4.69) is 37.2 Å². The topological polar surface area (TPSA) is 40.5 Å². The fourth-order valence-corrected chi connectivity index (χ4v) is 3.56. The molecule has 0 aliphatic heterocycles. The second kappa shape index (κ2) is 6.07. The molecule has 0 bridgehead atoms. The molecule has 0 saturated heterocycles. The van der Waals surface area contributed by atoms with Crippen LogP contribution in [0, 0.1) is 0 Å². The highest BCUT2D eigenvalue weighted by Crippen LogP contribution is 2.29. The predicted molar refractivity (Wildman–Crippen MR) is 85.2 cm³/mol. The van der Waals surface area contributed by atoms with E-state index >= 15 is 0 Å². The molecule has 1 aromatic carbocycles. The Morgan fingerprint density at radius 2 is 2.16 bits per heavy atom. The van der Waals surface area contributed by atoms with Crippen LogP contribution < -0.4 is 4.90 Å². The molecule has 0 amide bonds. The largest absolute Gasteiger partial charge is 0.478 e. The van der Waals surface area contributed by atoms with Gasteiger partial charge in [-0.15, -0.1) is 11.3 Å². The summed E-state index contributed by atoms with van der Waals surface area (Å²) in [6.07, 6.45) is 0. The predicted octanol–water partition coefficient (Wildman–Crippen LogP) is 4.61. The van der Waals surface area contributed by atoms with Gasteiger partial charge in [-0.3, -0.25) is 0 Å². The summed E-state index contributed by atoms with van der Waals surface area (Å²) in [4.78, 5) is 13.3. The quantitative estimate of drug-likeness (QED) is 0.808. The summed E-state index contributed by atoms with van der Waals surface area (Å²) in [5.41, 5.74) is 2.14. The van der Waals surface area contributed by atoms with Gasteiger partial charge >= 0.3 is 5.97 Å². The Labute approximate surface area is 132 Å². The summed E-state index contributed by atoms with van der Waals surface area (Å²) in [5, 5.41) is 11.4. The molecule has 2 rings (SSSR count). The zero-order chi connectivity index (χ0) is 14.0. The Morgan fingerprint density at radius 3 is 2.74 bits per heavy atom. The van der Waals surface area contributed by atoms with Gasteiger partial charge in [-0.2, -0.15) is 0 Å². The standard InChI is InChI=1S/C13H11Br2NO2S/c1-16(6-8-5-11(15)19-7-8)10-4-2-3-9(14)12(10)13(17)18/h2-5,7H,6H2,1H3,(H,17,18). The molecule has 6 heteroatoms. The van der Waals surface area contributed by atoms with Crippen LogP contribution in [-0.2, 0) is 6.54 Å². The highest BCUT2D eigenvalue weighted by molar-refractivity contribution is 9.11. The molecule has 0 radical (unpaired) electrons. The molecular weight excluding hydrogens is 394 g/mol. The minimum Gasteiger partial charge on any atom is -0.478 e. The molecule has 0 aliphatic rings. The number of hydrogen-bond acceptors (Lipinski definition) is 3. The molecule has 2 aromatic rings. The Balaban J connectivity index is 2.31. The molecule has 0 aliphatic carbocycles. The van der Waals surface area contributed by atoms with Gasteiger partial charge < -0.3 is 10.0 Å². The zero-order valence-corrected chi connectivity index (χ0v) is 14.0. The summed E-state index contributed by atoms with van der Waals surface area (Å²) >= 11 is 8.34. The average Bonchev–Trinajstić information content (AvgIpc) is 2.73. The number of nitrogens with zero attached hydrogens (tertiary/aromatic N) is 1. The summed E-state index contributed by atoms with van der Waals surface area (Å²) in [5.74, 6) is -0.930. The monoisotopic (exact) mass is 403 g/mol. The molecule has 3 nitrogen and oxygen atoms in total. The second-order valence-corrected chi connectivity index (χ2v) is 7.20. The Morgan fingerprint density at radius 1 is 1.42 bits per heavy atom. The first-order valence-corrected chi connectivity index (χ1v) is 7.91. The van der Waals surface area contributed by atoms with Crippen LogP contribution >= 0.6 is 43.2 Å². The Bertz CT molecular complexity index is 612. The summed E-state index contributed by atoms with van der Waals surface area (Å²) in [6, 6.07) is 7.43. The van der Waals surface area contributed by atoms with E-state index in [4.69, 9.17) is 0 Å². The van der Waals surface area contributed by atoms with E-state index in [0.29, 0.717) is 22.3 Å². The summed E-state index contributed by atoms with van der Waals surface area (Å²) in [6.45, 7) is 0.666. The van der Waals surface area contributed by atoms with Crippen LogP contribution in [0.1, 0.15) is 15.9 Å². The van der Waals surface area contributed by atoms with Crippen LogP contribution in [0.25, 0.3) is 0 Å². The number of anilines is 1. The van der Waals surface area contributed by atoms with E-state index in [0.717, 1.165) is 9.35 Å². The lowest BCUT2D eigenvalue weighted by molar-refractivity contribution is 0.0696. The molecule has 0 spiro atoms. The van der Waals surface area contributed by atoms with Crippen LogP contribution in [0.2, 0.25) is 0 Å². The number of rotatable bonds is 4. The first-order chi connectivity index (χ1) is 8.99. The maximum Gasteiger partial charge on any atom is 0.338 e. The van der Waals surface area contributed by atoms with Gasteiger partial charge in [-0.25, -0.2) is 4.79 Å². The first-order valence-electron chi connectivity index (χ1n) is 5.45. The third-order valence-electron chi connectivity index (χ3n) is 2.66. The van der Waals surface area contributed by atoms with Crippen LogP contribution in [0.5, 0.6) is 0 Å². The number of carbonyl (C=O) groups is 1. The lowest BCUT2D eigenvalue weighted by Crippen LogP contribution is -2.19. The van der Waals surface area contributed by atoms with Crippen molar-refractivity contribution in [3.8, 4) is 0 Å². The fraction of sp³-hybridized carbons (Fsp3) is 0.154. The number of benzene rings is 1. The van der Waals surface area contributed by atoms with Crippen molar-refractivity contribution in [3.05, 3.63) is 49.0 Å². The first kappa shape index (κ1) is 14.6. The SMILES string of the molecule is CN(Cc1csc(Br)c1)c1cccc(Br)c1C(=O)O. The highest BCUT2D eigenvalue weighted by atomic mass is 79.9. The van der Waals surface area contributed by atoms with Gasteiger partial charge in [0.15, 0.2) is 0 Å². The molecule has 0 saturated carbocycles. The highest BCUT2D eigenvalue weighted by Gasteiger charge is 2.17. The van der Waals surface area contributed by atoms with Crippen LogP contribution in [0.4, 0.5) is 5.69 Å². The van der Waals surface area contributed by atoms with Gasteiger partial charge in [0.1, 0.15) is 0 Å². The zero-order valence-electron chi connectivity index (χ0n) is 10.1. The van der Waals surface area contributed by atoms with Gasteiger partial charge in [-0.05, 0) is 61.0 Å². The smallest absolute Gasteiger partial charge is 0.338 e. The average molecular weight is 405 g/mol. The number of halogens is 2. The van der Waals surface area contributed by atoms with Gasteiger partial charge in [-0.1, -0.05) is 6.07 Å². The third-order valence-corrected chi connectivity index (χ3v) is 4.87. The molecule has 0 atom stereocenters. The van der Waals surface area contributed by atoms with Crippen molar-refractivity contribution in [2.75, 3.05) is 11.9 Å².